The number of hydrogen-bond donors (Lipinski definition) is 1. The molecule has 0 fully saturated rings. The first-order valence-electron chi connectivity index (χ1n) is 8.22. The zero-order chi connectivity index (χ0) is 19.7. The lowest BCUT2D eigenvalue weighted by molar-refractivity contribution is -0.384. The highest BCUT2D eigenvalue weighted by molar-refractivity contribution is 7.21. The fourth-order valence-electron chi connectivity index (χ4n) is 2.72. The average Bonchev–Trinajstić information content (AvgIpc) is 3.12. The van der Waals surface area contributed by atoms with Gasteiger partial charge in [0.15, 0.2) is 0 Å². The number of nitro groups is 1. The molecule has 8 heteroatoms. The van der Waals surface area contributed by atoms with E-state index < -0.39 is 10.8 Å². The molecule has 1 N–H and O–H groups in total. The van der Waals surface area contributed by atoms with Crippen molar-refractivity contribution in [2.45, 2.75) is 0 Å². The van der Waals surface area contributed by atoms with E-state index in [0.29, 0.717) is 10.7 Å². The lowest BCUT2D eigenvalue weighted by atomic mass is 10.1. The van der Waals surface area contributed by atoms with Gasteiger partial charge in [0.05, 0.1) is 20.2 Å². The second-order valence-electron chi connectivity index (χ2n) is 5.94. The molecule has 1 heterocycles. The summed E-state index contributed by atoms with van der Waals surface area (Å²) < 4.78 is 1.07. The zero-order valence-corrected chi connectivity index (χ0v) is 15.8. The van der Waals surface area contributed by atoms with Crippen LogP contribution < -0.4 is 5.32 Å². The third-order valence-electron chi connectivity index (χ3n) is 4.07. The second-order valence-corrected chi connectivity index (χ2v) is 7.38. The van der Waals surface area contributed by atoms with Gasteiger partial charge in [0, 0.05) is 28.9 Å². The predicted octanol–water partition coefficient (Wildman–Crippen LogP) is 5.78. The van der Waals surface area contributed by atoms with Crippen molar-refractivity contribution in [1.29, 1.82) is 0 Å². The number of benzene rings is 3. The number of thiazole rings is 1. The number of non-ortho nitro benzene ring substituents is 1. The van der Waals surface area contributed by atoms with Crippen molar-refractivity contribution in [3.63, 3.8) is 0 Å². The first-order valence-corrected chi connectivity index (χ1v) is 9.42. The van der Waals surface area contributed by atoms with Crippen LogP contribution in [0.25, 0.3) is 20.8 Å². The van der Waals surface area contributed by atoms with E-state index >= 15 is 0 Å². The summed E-state index contributed by atoms with van der Waals surface area (Å²) in [5, 5.41) is 14.8. The number of halogens is 1. The molecule has 3 aromatic carbocycles. The summed E-state index contributed by atoms with van der Waals surface area (Å²) in [6.07, 6.45) is 0. The highest BCUT2D eigenvalue weighted by Crippen LogP contribution is 2.35. The standard InChI is InChI=1S/C20H12ClN3O3S/c21-16-11-13(22-19(25)12-4-3-5-14(10-12)24(26)27)8-9-15(16)20-23-17-6-1-2-7-18(17)28-20/h1-11H,(H,22,25). The average molecular weight is 410 g/mol. The Labute approximate surface area is 168 Å². The van der Waals surface area contributed by atoms with Crippen LogP contribution in [0.4, 0.5) is 11.4 Å². The maximum Gasteiger partial charge on any atom is 0.270 e. The van der Waals surface area contributed by atoms with Crippen molar-refractivity contribution in [2.75, 3.05) is 5.32 Å². The number of carbonyl (C=O) groups excluding carboxylic acids is 1. The van der Waals surface area contributed by atoms with Gasteiger partial charge in [-0.15, -0.1) is 11.3 Å². The lowest BCUT2D eigenvalue weighted by Gasteiger charge is -2.08. The quantitative estimate of drug-likeness (QED) is 0.342. The number of amides is 1. The van der Waals surface area contributed by atoms with Crippen molar-refractivity contribution in [3.05, 3.63) is 87.4 Å². The number of nitrogens with zero attached hydrogens (tertiary/aromatic N) is 2. The Bertz CT molecular complexity index is 1190. The Morgan fingerprint density at radius 2 is 1.89 bits per heavy atom. The maximum atomic E-state index is 12.4. The summed E-state index contributed by atoms with van der Waals surface area (Å²) in [5.41, 5.74) is 2.22. The minimum absolute atomic E-state index is 0.142. The monoisotopic (exact) mass is 409 g/mol. The van der Waals surface area contributed by atoms with Gasteiger partial charge in [-0.2, -0.15) is 0 Å². The minimum Gasteiger partial charge on any atom is -0.322 e. The Hall–Kier alpha value is -3.29. The molecule has 0 atom stereocenters. The highest BCUT2D eigenvalue weighted by atomic mass is 35.5. The molecule has 0 saturated heterocycles. The number of fused-ring (bicyclic) bond motifs is 1. The molecule has 0 radical (unpaired) electrons. The molecule has 138 valence electrons. The van der Waals surface area contributed by atoms with Gasteiger partial charge in [-0.25, -0.2) is 4.98 Å². The largest absolute Gasteiger partial charge is 0.322 e. The van der Waals surface area contributed by atoms with Crippen molar-refractivity contribution >= 4 is 50.4 Å². The van der Waals surface area contributed by atoms with Crippen LogP contribution in [0.15, 0.2) is 66.7 Å². The third kappa shape index (κ3) is 3.58. The number of anilines is 1. The van der Waals surface area contributed by atoms with Crippen LogP contribution in [0.3, 0.4) is 0 Å². The van der Waals surface area contributed by atoms with E-state index in [4.69, 9.17) is 11.6 Å². The number of carbonyl (C=O) groups is 1. The number of hydrogen-bond acceptors (Lipinski definition) is 5. The van der Waals surface area contributed by atoms with Gasteiger partial charge in [0.2, 0.25) is 0 Å². The molecule has 0 aliphatic heterocycles. The smallest absolute Gasteiger partial charge is 0.270 e. The van der Waals surface area contributed by atoms with Crippen molar-refractivity contribution in [1.82, 2.24) is 4.98 Å². The van der Waals surface area contributed by atoms with E-state index in [1.807, 2.05) is 24.3 Å². The molecule has 1 amide bonds. The molecule has 0 aliphatic carbocycles. The minimum atomic E-state index is -0.541. The fraction of sp³-hybridized carbons (Fsp3) is 0. The van der Waals surface area contributed by atoms with Gasteiger partial charge in [-0.3, -0.25) is 14.9 Å². The molecule has 4 aromatic rings. The van der Waals surface area contributed by atoms with Crippen LogP contribution in [0.1, 0.15) is 10.4 Å². The molecule has 0 aliphatic rings. The first kappa shape index (κ1) is 18.1. The number of nitrogens with one attached hydrogen (secondary N) is 1. The molecular weight excluding hydrogens is 398 g/mol. The molecule has 0 bridgehead atoms. The molecule has 1 aromatic heterocycles. The summed E-state index contributed by atoms with van der Waals surface area (Å²) in [6, 6.07) is 18.5. The lowest BCUT2D eigenvalue weighted by Crippen LogP contribution is -2.12. The molecular formula is C20H12ClN3O3S. The highest BCUT2D eigenvalue weighted by Gasteiger charge is 2.14. The molecule has 0 saturated carbocycles. The number of aromatic nitrogens is 1. The van der Waals surface area contributed by atoms with E-state index in [2.05, 4.69) is 10.3 Å². The fourth-order valence-corrected chi connectivity index (χ4v) is 4.05. The van der Waals surface area contributed by atoms with E-state index in [0.717, 1.165) is 20.8 Å². The Morgan fingerprint density at radius 3 is 2.64 bits per heavy atom. The first-order chi connectivity index (χ1) is 13.5. The van der Waals surface area contributed by atoms with E-state index in [1.165, 1.54) is 35.6 Å². The predicted molar refractivity (Wildman–Crippen MR) is 111 cm³/mol. The van der Waals surface area contributed by atoms with Gasteiger partial charge in [0.25, 0.3) is 11.6 Å². The van der Waals surface area contributed by atoms with Crippen LogP contribution >= 0.6 is 22.9 Å². The van der Waals surface area contributed by atoms with Crippen LogP contribution in [0, 0.1) is 10.1 Å². The van der Waals surface area contributed by atoms with Crippen molar-refractivity contribution < 1.29 is 9.72 Å². The van der Waals surface area contributed by atoms with Crippen molar-refractivity contribution in [3.8, 4) is 10.6 Å². The van der Waals surface area contributed by atoms with Crippen molar-refractivity contribution in [2.24, 2.45) is 0 Å². The summed E-state index contributed by atoms with van der Waals surface area (Å²) in [6.45, 7) is 0. The Kier molecular flexibility index (Phi) is 4.77. The van der Waals surface area contributed by atoms with Gasteiger partial charge in [0.1, 0.15) is 5.01 Å². The molecule has 0 unspecified atom stereocenters. The molecule has 6 nitrogen and oxygen atoms in total. The van der Waals surface area contributed by atoms with Crippen LogP contribution in [0.5, 0.6) is 0 Å². The van der Waals surface area contributed by atoms with Gasteiger partial charge in [-0.05, 0) is 36.4 Å². The zero-order valence-electron chi connectivity index (χ0n) is 14.3. The number of nitro benzene ring substituents is 1. The maximum absolute atomic E-state index is 12.4. The van der Waals surface area contributed by atoms with E-state index in [9.17, 15) is 14.9 Å². The topological polar surface area (TPSA) is 85.1 Å². The normalized spacial score (nSPS) is 10.8. The summed E-state index contributed by atoms with van der Waals surface area (Å²) in [4.78, 5) is 27.3. The second kappa shape index (κ2) is 7.38. The SMILES string of the molecule is O=C(Nc1ccc(-c2nc3ccccc3s2)c(Cl)c1)c1cccc([N+](=O)[O-])c1. The molecule has 4 rings (SSSR count). The number of para-hydroxylation sites is 1. The molecule has 0 spiro atoms. The van der Waals surface area contributed by atoms with Gasteiger partial charge in [-0.1, -0.05) is 29.8 Å². The summed E-state index contributed by atoms with van der Waals surface area (Å²) in [5.74, 6) is -0.451. The van der Waals surface area contributed by atoms with E-state index in [1.54, 1.807) is 18.2 Å². The third-order valence-corrected chi connectivity index (χ3v) is 5.45. The van der Waals surface area contributed by atoms with Crippen LogP contribution in [0.2, 0.25) is 5.02 Å². The Morgan fingerprint density at radius 1 is 1.07 bits per heavy atom. The number of rotatable bonds is 4. The van der Waals surface area contributed by atoms with Crippen LogP contribution in [-0.4, -0.2) is 15.8 Å². The van der Waals surface area contributed by atoms with Gasteiger partial charge < -0.3 is 5.32 Å². The van der Waals surface area contributed by atoms with E-state index in [-0.39, 0.29) is 11.3 Å². The molecule has 28 heavy (non-hydrogen) atoms. The summed E-state index contributed by atoms with van der Waals surface area (Å²) in [7, 11) is 0. The van der Waals surface area contributed by atoms with Gasteiger partial charge >= 0.3 is 0 Å². The van der Waals surface area contributed by atoms with Crippen LogP contribution in [-0.2, 0) is 0 Å². The summed E-state index contributed by atoms with van der Waals surface area (Å²) >= 11 is 7.95. The Balaban J connectivity index is 1.58.